The summed E-state index contributed by atoms with van der Waals surface area (Å²) in [6.45, 7) is 2.26. The number of thioether (sulfide) groups is 1. The Kier molecular flexibility index (Phi) is 7.17. The highest BCUT2D eigenvalue weighted by Crippen LogP contribution is 2.31. The van der Waals surface area contributed by atoms with Crippen molar-refractivity contribution >= 4 is 17.7 Å². The summed E-state index contributed by atoms with van der Waals surface area (Å²) in [7, 11) is 0. The monoisotopic (exact) mass is 498 g/mol. The Balaban J connectivity index is 1.32. The van der Waals surface area contributed by atoms with Crippen molar-refractivity contribution in [3.05, 3.63) is 65.5 Å². The van der Waals surface area contributed by atoms with Gasteiger partial charge in [-0.3, -0.25) is 9.69 Å². The van der Waals surface area contributed by atoms with Crippen LogP contribution < -0.4 is 0 Å². The van der Waals surface area contributed by atoms with E-state index in [1.54, 1.807) is 4.90 Å². The molecular formula is C22H19F5N4O2S. The Morgan fingerprint density at radius 2 is 1.76 bits per heavy atom. The van der Waals surface area contributed by atoms with Crippen molar-refractivity contribution in [3.8, 4) is 11.4 Å². The van der Waals surface area contributed by atoms with Crippen LogP contribution in [0.4, 0.5) is 22.0 Å². The summed E-state index contributed by atoms with van der Waals surface area (Å²) in [6.07, 6.45) is -4.47. The predicted octanol–water partition coefficient (Wildman–Crippen LogP) is 5.03. The fraction of sp³-hybridized carbons (Fsp3) is 0.318. The summed E-state index contributed by atoms with van der Waals surface area (Å²) >= 11 is 0.423. The summed E-state index contributed by atoms with van der Waals surface area (Å²) in [5, 5.41) is 3.79. The quantitative estimate of drug-likeness (QED) is 0.351. The second-order valence-electron chi connectivity index (χ2n) is 7.56. The molecule has 6 nitrogen and oxygen atoms in total. The number of halogens is 5. The van der Waals surface area contributed by atoms with E-state index >= 15 is 0 Å². The maximum atomic E-state index is 12.9. The van der Waals surface area contributed by atoms with E-state index in [2.05, 4.69) is 10.1 Å². The highest BCUT2D eigenvalue weighted by atomic mass is 32.2. The molecule has 0 spiro atoms. The van der Waals surface area contributed by atoms with E-state index in [0.29, 0.717) is 54.9 Å². The first-order chi connectivity index (χ1) is 16.2. The minimum absolute atomic E-state index is 0.0726. The van der Waals surface area contributed by atoms with Crippen LogP contribution in [0, 0.1) is 0 Å². The van der Waals surface area contributed by atoms with Crippen LogP contribution in [0.2, 0.25) is 0 Å². The molecule has 0 radical (unpaired) electrons. The van der Waals surface area contributed by atoms with E-state index in [-0.39, 0.29) is 23.2 Å². The zero-order valence-corrected chi connectivity index (χ0v) is 18.5. The highest BCUT2D eigenvalue weighted by molar-refractivity contribution is 7.99. The first-order valence-corrected chi connectivity index (χ1v) is 11.1. The smallest absolute Gasteiger partial charge is 0.338 e. The first-order valence-electron chi connectivity index (χ1n) is 10.3. The van der Waals surface area contributed by atoms with Crippen molar-refractivity contribution in [3.63, 3.8) is 0 Å². The first kappa shape index (κ1) is 24.1. The van der Waals surface area contributed by atoms with Crippen LogP contribution in [-0.4, -0.2) is 57.8 Å². The van der Waals surface area contributed by atoms with Crippen molar-refractivity contribution in [1.82, 2.24) is 19.9 Å². The summed E-state index contributed by atoms with van der Waals surface area (Å²) in [5.74, 6) is -2.37. The van der Waals surface area contributed by atoms with Gasteiger partial charge in [0.2, 0.25) is 11.7 Å². The van der Waals surface area contributed by atoms with Crippen LogP contribution in [0.1, 0.15) is 21.8 Å². The Morgan fingerprint density at radius 3 is 2.41 bits per heavy atom. The maximum Gasteiger partial charge on any atom is 0.416 e. The van der Waals surface area contributed by atoms with E-state index in [1.807, 2.05) is 4.90 Å². The van der Waals surface area contributed by atoms with Gasteiger partial charge in [0.25, 0.3) is 11.7 Å². The average Bonchev–Trinajstić information content (AvgIpc) is 3.27. The van der Waals surface area contributed by atoms with Crippen molar-refractivity contribution in [1.29, 1.82) is 0 Å². The molecule has 3 aromatic rings. The molecule has 12 heteroatoms. The number of rotatable bonds is 6. The van der Waals surface area contributed by atoms with Crippen LogP contribution in [0.25, 0.3) is 11.4 Å². The molecular weight excluding hydrogens is 479 g/mol. The van der Waals surface area contributed by atoms with Gasteiger partial charge in [-0.25, -0.2) is 0 Å². The molecule has 1 aliphatic heterocycles. The Morgan fingerprint density at radius 1 is 1.06 bits per heavy atom. The maximum absolute atomic E-state index is 12.9. The largest absolute Gasteiger partial charge is 0.416 e. The highest BCUT2D eigenvalue weighted by Gasteiger charge is 2.31. The summed E-state index contributed by atoms with van der Waals surface area (Å²) in [5.41, 5.74) is -0.160. The molecule has 1 fully saturated rings. The SMILES string of the molecule is O=C(c1ccc(SC(F)F)cc1)N1CCN(Cc2nc(-c3cccc(C(F)(F)F)c3)no2)CC1. The lowest BCUT2D eigenvalue weighted by atomic mass is 10.1. The topological polar surface area (TPSA) is 62.5 Å². The van der Waals surface area contributed by atoms with Crippen molar-refractivity contribution in [2.75, 3.05) is 26.2 Å². The van der Waals surface area contributed by atoms with Crippen LogP contribution in [0.5, 0.6) is 0 Å². The molecule has 1 saturated heterocycles. The van der Waals surface area contributed by atoms with E-state index in [9.17, 15) is 26.7 Å². The van der Waals surface area contributed by atoms with E-state index in [1.165, 1.54) is 36.4 Å². The van der Waals surface area contributed by atoms with Gasteiger partial charge in [0.05, 0.1) is 12.1 Å². The molecule has 4 rings (SSSR count). The van der Waals surface area contributed by atoms with E-state index in [4.69, 9.17) is 4.52 Å². The van der Waals surface area contributed by atoms with Crippen LogP contribution in [0.3, 0.4) is 0 Å². The lowest BCUT2D eigenvalue weighted by Crippen LogP contribution is -2.48. The van der Waals surface area contributed by atoms with Gasteiger partial charge in [0.15, 0.2) is 0 Å². The van der Waals surface area contributed by atoms with Crippen molar-refractivity contribution in [2.24, 2.45) is 0 Å². The predicted molar refractivity (Wildman–Crippen MR) is 114 cm³/mol. The molecule has 180 valence electrons. The minimum atomic E-state index is -4.47. The third-order valence-corrected chi connectivity index (χ3v) is 5.98. The lowest BCUT2D eigenvalue weighted by Gasteiger charge is -2.34. The molecule has 34 heavy (non-hydrogen) atoms. The van der Waals surface area contributed by atoms with Crippen molar-refractivity contribution in [2.45, 2.75) is 23.4 Å². The van der Waals surface area contributed by atoms with Gasteiger partial charge in [0, 0.05) is 42.2 Å². The van der Waals surface area contributed by atoms with Gasteiger partial charge in [-0.15, -0.1) is 0 Å². The zero-order chi connectivity index (χ0) is 24.3. The third kappa shape index (κ3) is 5.92. The molecule has 0 atom stereocenters. The molecule has 0 saturated carbocycles. The number of hydrogen-bond acceptors (Lipinski definition) is 6. The lowest BCUT2D eigenvalue weighted by molar-refractivity contribution is -0.137. The van der Waals surface area contributed by atoms with Crippen LogP contribution >= 0.6 is 11.8 Å². The van der Waals surface area contributed by atoms with Gasteiger partial charge in [0.1, 0.15) is 0 Å². The minimum Gasteiger partial charge on any atom is -0.338 e. The number of aromatic nitrogens is 2. The molecule has 0 N–H and O–H groups in total. The average molecular weight is 498 g/mol. The van der Waals surface area contributed by atoms with E-state index in [0.717, 1.165) is 12.1 Å². The van der Waals surface area contributed by atoms with E-state index < -0.39 is 17.5 Å². The molecule has 1 aliphatic rings. The fourth-order valence-electron chi connectivity index (χ4n) is 3.53. The molecule has 0 bridgehead atoms. The molecule has 2 heterocycles. The normalized spacial score (nSPS) is 15.2. The Bertz CT molecular complexity index is 1130. The second-order valence-corrected chi connectivity index (χ2v) is 8.62. The summed E-state index contributed by atoms with van der Waals surface area (Å²) < 4.78 is 68.9. The second kappa shape index (κ2) is 10.1. The molecule has 1 amide bonds. The number of carbonyl (C=O) groups excluding carboxylic acids is 1. The Hall–Kier alpha value is -2.99. The van der Waals surface area contributed by atoms with Crippen LogP contribution in [0.15, 0.2) is 57.9 Å². The fourth-order valence-corrected chi connectivity index (χ4v) is 4.03. The molecule has 0 aliphatic carbocycles. The van der Waals surface area contributed by atoms with Gasteiger partial charge in [-0.1, -0.05) is 29.1 Å². The number of amides is 1. The number of hydrogen-bond donors (Lipinski definition) is 0. The molecule has 1 aromatic heterocycles. The number of carbonyl (C=O) groups is 1. The third-order valence-electron chi connectivity index (χ3n) is 5.26. The standard InChI is InChI=1S/C22H19F5N4O2S/c23-21(24)34-17-6-4-14(5-7-17)20(32)31-10-8-30(9-11-31)13-18-28-19(29-33-18)15-2-1-3-16(12-15)22(25,26)27/h1-7,12,21H,8-11,13H2. The summed E-state index contributed by atoms with van der Waals surface area (Å²) in [6, 6.07) is 10.8. The number of benzene rings is 2. The summed E-state index contributed by atoms with van der Waals surface area (Å²) in [4.78, 5) is 21.0. The zero-order valence-electron chi connectivity index (χ0n) is 17.6. The number of nitrogens with zero attached hydrogens (tertiary/aromatic N) is 4. The number of piperazine rings is 1. The molecule has 0 unspecified atom stereocenters. The van der Waals surface area contributed by atoms with Crippen molar-refractivity contribution < 1.29 is 31.3 Å². The number of alkyl halides is 5. The van der Waals surface area contributed by atoms with Gasteiger partial charge < -0.3 is 9.42 Å². The van der Waals surface area contributed by atoms with Gasteiger partial charge in [-0.05, 0) is 36.4 Å². The van der Waals surface area contributed by atoms with Crippen LogP contribution in [-0.2, 0) is 12.7 Å². The van der Waals surface area contributed by atoms with Gasteiger partial charge >= 0.3 is 6.18 Å². The Labute approximate surface area is 195 Å². The van der Waals surface area contributed by atoms with Gasteiger partial charge in [-0.2, -0.15) is 26.9 Å². The molecule has 2 aromatic carbocycles.